The van der Waals surface area contributed by atoms with Gasteiger partial charge in [0.15, 0.2) is 11.6 Å². The second-order valence-corrected chi connectivity index (χ2v) is 4.84. The van der Waals surface area contributed by atoms with Crippen molar-refractivity contribution in [2.45, 2.75) is 26.3 Å². The lowest BCUT2D eigenvalue weighted by Gasteiger charge is -2.16. The first-order valence-corrected chi connectivity index (χ1v) is 6.22. The first-order chi connectivity index (χ1) is 9.35. The van der Waals surface area contributed by atoms with E-state index in [2.05, 4.69) is 5.32 Å². The van der Waals surface area contributed by atoms with Crippen LogP contribution < -0.4 is 10.1 Å². The number of carbonyl (C=O) groups excluding carboxylic acids is 1. The van der Waals surface area contributed by atoms with Gasteiger partial charge in [-0.05, 0) is 30.5 Å². The maximum absolute atomic E-state index is 13.2. The molecule has 0 heterocycles. The summed E-state index contributed by atoms with van der Waals surface area (Å²) in [4.78, 5) is 23.0. The van der Waals surface area contributed by atoms with Gasteiger partial charge in [0.05, 0.1) is 7.11 Å². The topological polar surface area (TPSA) is 75.6 Å². The van der Waals surface area contributed by atoms with Crippen LogP contribution in [0.3, 0.4) is 0 Å². The Morgan fingerprint density at radius 2 is 2.05 bits per heavy atom. The van der Waals surface area contributed by atoms with Crippen LogP contribution in [0.15, 0.2) is 18.2 Å². The third-order valence-corrected chi connectivity index (χ3v) is 2.72. The smallest absolute Gasteiger partial charge is 0.326 e. The van der Waals surface area contributed by atoms with Crippen LogP contribution in [0.4, 0.5) is 4.39 Å². The molecule has 0 radical (unpaired) electrons. The summed E-state index contributed by atoms with van der Waals surface area (Å²) in [5, 5.41) is 11.5. The number of amides is 1. The predicted octanol–water partition coefficient (Wildman–Crippen LogP) is 2.06. The molecule has 0 bridgehead atoms. The molecule has 6 heteroatoms. The number of carboxylic acids is 1. The third kappa shape index (κ3) is 4.22. The van der Waals surface area contributed by atoms with Gasteiger partial charge in [0.25, 0.3) is 5.91 Å². The molecule has 1 rings (SSSR count). The molecule has 1 aromatic rings. The highest BCUT2D eigenvalue weighted by atomic mass is 19.1. The van der Waals surface area contributed by atoms with E-state index in [1.165, 1.54) is 19.2 Å². The number of carboxylic acid groups (broad SMARTS) is 1. The maximum Gasteiger partial charge on any atom is 0.326 e. The van der Waals surface area contributed by atoms with Crippen LogP contribution >= 0.6 is 0 Å². The predicted molar refractivity (Wildman–Crippen MR) is 71.3 cm³/mol. The number of ether oxygens (including phenoxy) is 1. The van der Waals surface area contributed by atoms with Crippen molar-refractivity contribution in [3.05, 3.63) is 29.6 Å². The Hall–Kier alpha value is -2.11. The fourth-order valence-electron chi connectivity index (χ4n) is 1.74. The van der Waals surface area contributed by atoms with E-state index < -0.39 is 23.7 Å². The minimum Gasteiger partial charge on any atom is -0.494 e. The van der Waals surface area contributed by atoms with Crippen molar-refractivity contribution >= 4 is 11.9 Å². The van der Waals surface area contributed by atoms with Gasteiger partial charge >= 0.3 is 5.97 Å². The van der Waals surface area contributed by atoms with Crippen molar-refractivity contribution in [3.8, 4) is 5.75 Å². The number of rotatable bonds is 6. The van der Waals surface area contributed by atoms with E-state index in [1.807, 2.05) is 13.8 Å². The normalized spacial score (nSPS) is 12.1. The van der Waals surface area contributed by atoms with E-state index in [-0.39, 0.29) is 17.2 Å². The van der Waals surface area contributed by atoms with Crippen molar-refractivity contribution in [2.75, 3.05) is 7.11 Å². The van der Waals surface area contributed by atoms with Gasteiger partial charge in [-0.3, -0.25) is 4.79 Å². The summed E-state index contributed by atoms with van der Waals surface area (Å²) in [5.74, 6) is -2.19. The zero-order valence-electron chi connectivity index (χ0n) is 11.6. The zero-order valence-corrected chi connectivity index (χ0v) is 11.6. The van der Waals surface area contributed by atoms with Gasteiger partial charge in [0, 0.05) is 5.56 Å². The molecule has 1 atom stereocenters. The average Bonchev–Trinajstić information content (AvgIpc) is 2.37. The van der Waals surface area contributed by atoms with Crippen molar-refractivity contribution in [1.29, 1.82) is 0 Å². The van der Waals surface area contributed by atoms with E-state index in [1.54, 1.807) is 0 Å². The summed E-state index contributed by atoms with van der Waals surface area (Å²) in [5.41, 5.74) is 0.151. The number of carbonyl (C=O) groups is 2. The molecule has 0 aliphatic carbocycles. The van der Waals surface area contributed by atoms with Crippen molar-refractivity contribution in [1.82, 2.24) is 5.32 Å². The number of benzene rings is 1. The van der Waals surface area contributed by atoms with Crippen LogP contribution in [0.25, 0.3) is 0 Å². The molecular weight excluding hydrogens is 265 g/mol. The summed E-state index contributed by atoms with van der Waals surface area (Å²) >= 11 is 0. The Kier molecular flexibility index (Phi) is 5.49. The second-order valence-electron chi connectivity index (χ2n) is 4.84. The van der Waals surface area contributed by atoms with Crippen LogP contribution in [0, 0.1) is 11.7 Å². The van der Waals surface area contributed by atoms with E-state index in [4.69, 9.17) is 9.84 Å². The summed E-state index contributed by atoms with van der Waals surface area (Å²) in [6, 6.07) is 2.64. The highest BCUT2D eigenvalue weighted by Crippen LogP contribution is 2.18. The molecule has 0 aromatic heterocycles. The fourth-order valence-corrected chi connectivity index (χ4v) is 1.74. The molecule has 2 N–H and O–H groups in total. The molecule has 0 aliphatic heterocycles. The highest BCUT2D eigenvalue weighted by molar-refractivity contribution is 5.96. The van der Waals surface area contributed by atoms with Gasteiger partial charge in [0.1, 0.15) is 6.04 Å². The summed E-state index contributed by atoms with van der Waals surface area (Å²) in [6.45, 7) is 3.73. The van der Waals surface area contributed by atoms with Gasteiger partial charge < -0.3 is 15.2 Å². The van der Waals surface area contributed by atoms with Crippen LogP contribution in [-0.2, 0) is 4.79 Å². The van der Waals surface area contributed by atoms with Gasteiger partial charge in [-0.2, -0.15) is 0 Å². The summed E-state index contributed by atoms with van der Waals surface area (Å²) < 4.78 is 18.0. The third-order valence-electron chi connectivity index (χ3n) is 2.72. The fraction of sp³-hybridized carbons (Fsp3) is 0.429. The van der Waals surface area contributed by atoms with E-state index >= 15 is 0 Å². The van der Waals surface area contributed by atoms with Crippen molar-refractivity contribution in [3.63, 3.8) is 0 Å². The van der Waals surface area contributed by atoms with Crippen LogP contribution in [0.2, 0.25) is 0 Å². The molecule has 0 saturated carbocycles. The molecule has 0 saturated heterocycles. The summed E-state index contributed by atoms with van der Waals surface area (Å²) in [6.07, 6.45) is 0.319. The minimum absolute atomic E-state index is 0.0617. The molecule has 0 spiro atoms. The number of nitrogens with one attached hydrogen (secondary N) is 1. The average molecular weight is 283 g/mol. The molecule has 0 aliphatic rings. The standard InChI is InChI=1S/C14H18FNO4/c1-8(2)6-11(14(18)19)16-13(17)9-4-5-10(15)12(7-9)20-3/h4-5,7-8,11H,6H2,1-3H3,(H,16,17)(H,18,19). The van der Waals surface area contributed by atoms with Gasteiger partial charge in [-0.25, -0.2) is 9.18 Å². The van der Waals surface area contributed by atoms with E-state index in [0.29, 0.717) is 6.42 Å². The monoisotopic (exact) mass is 283 g/mol. The summed E-state index contributed by atoms with van der Waals surface area (Å²) in [7, 11) is 1.29. The number of methoxy groups -OCH3 is 1. The number of aliphatic carboxylic acids is 1. The lowest BCUT2D eigenvalue weighted by atomic mass is 10.0. The van der Waals surface area contributed by atoms with Gasteiger partial charge in [0.2, 0.25) is 0 Å². The molecular formula is C14H18FNO4. The van der Waals surface area contributed by atoms with E-state index in [9.17, 15) is 14.0 Å². The highest BCUT2D eigenvalue weighted by Gasteiger charge is 2.22. The molecule has 1 unspecified atom stereocenters. The molecule has 110 valence electrons. The number of hydrogen-bond acceptors (Lipinski definition) is 3. The Balaban J connectivity index is 2.86. The first-order valence-electron chi connectivity index (χ1n) is 6.22. The van der Waals surface area contributed by atoms with Crippen LogP contribution in [-0.4, -0.2) is 30.1 Å². The quantitative estimate of drug-likeness (QED) is 0.838. The first kappa shape index (κ1) is 15.9. The van der Waals surface area contributed by atoms with Crippen molar-refractivity contribution in [2.24, 2.45) is 5.92 Å². The molecule has 5 nitrogen and oxygen atoms in total. The lowest BCUT2D eigenvalue weighted by molar-refractivity contribution is -0.139. The van der Waals surface area contributed by atoms with E-state index in [0.717, 1.165) is 6.07 Å². The maximum atomic E-state index is 13.2. The SMILES string of the molecule is COc1cc(C(=O)NC(CC(C)C)C(=O)O)ccc1F. The number of hydrogen-bond donors (Lipinski definition) is 2. The van der Waals surface area contributed by atoms with Crippen LogP contribution in [0.1, 0.15) is 30.6 Å². The molecule has 1 aromatic carbocycles. The Morgan fingerprint density at radius 3 is 2.55 bits per heavy atom. The molecule has 0 fully saturated rings. The second kappa shape index (κ2) is 6.88. The Bertz CT molecular complexity index is 502. The van der Waals surface area contributed by atoms with Crippen molar-refractivity contribution < 1.29 is 23.8 Å². The largest absolute Gasteiger partial charge is 0.494 e. The minimum atomic E-state index is -1.10. The Morgan fingerprint density at radius 1 is 1.40 bits per heavy atom. The molecule has 1 amide bonds. The Labute approximate surface area is 116 Å². The van der Waals surface area contributed by atoms with Gasteiger partial charge in [-0.15, -0.1) is 0 Å². The van der Waals surface area contributed by atoms with Gasteiger partial charge in [-0.1, -0.05) is 13.8 Å². The zero-order chi connectivity index (χ0) is 15.3. The van der Waals surface area contributed by atoms with Crippen LogP contribution in [0.5, 0.6) is 5.75 Å². The molecule has 20 heavy (non-hydrogen) atoms. The lowest BCUT2D eigenvalue weighted by Crippen LogP contribution is -2.41. The number of halogens is 1.